The van der Waals surface area contributed by atoms with Crippen LogP contribution in [0.25, 0.3) is 10.2 Å². The molecule has 10 heteroatoms. The molecule has 1 atom stereocenters. The van der Waals surface area contributed by atoms with E-state index in [0.717, 1.165) is 51.3 Å². The number of hydrogen-bond acceptors (Lipinski definition) is 7. The quantitative estimate of drug-likeness (QED) is 0.120. The summed E-state index contributed by atoms with van der Waals surface area (Å²) in [5, 5.41) is 18.7. The molecular formula is C28H31ClN4O4S. The number of nitrogens with zero attached hydrogens (tertiary/aromatic N) is 2. The summed E-state index contributed by atoms with van der Waals surface area (Å²) < 4.78 is 5.49. The van der Waals surface area contributed by atoms with Gasteiger partial charge in [-0.05, 0) is 49.2 Å². The lowest BCUT2D eigenvalue weighted by Gasteiger charge is -2.20. The molecule has 0 aliphatic rings. The Morgan fingerprint density at radius 2 is 1.87 bits per heavy atom. The molecule has 1 amide bonds. The number of rotatable bonds is 11. The number of aryl methyl sites for hydroxylation is 1. The second-order valence-electron chi connectivity index (χ2n) is 8.79. The molecule has 0 saturated carbocycles. The van der Waals surface area contributed by atoms with Gasteiger partial charge in [0.1, 0.15) is 4.83 Å². The number of benzene rings is 2. The van der Waals surface area contributed by atoms with Gasteiger partial charge >= 0.3 is 0 Å². The Hall–Kier alpha value is -3.37. The van der Waals surface area contributed by atoms with E-state index in [9.17, 15) is 14.9 Å². The molecule has 2 N–H and O–H groups in total. The van der Waals surface area contributed by atoms with Crippen LogP contribution in [0.2, 0.25) is 0 Å². The highest BCUT2D eigenvalue weighted by Crippen LogP contribution is 2.43. The lowest BCUT2D eigenvalue weighted by molar-refractivity contribution is -0.384. The van der Waals surface area contributed by atoms with Crippen molar-refractivity contribution in [3.05, 3.63) is 98.0 Å². The summed E-state index contributed by atoms with van der Waals surface area (Å²) in [6, 6.07) is 17.6. The van der Waals surface area contributed by atoms with Gasteiger partial charge in [-0.3, -0.25) is 14.9 Å². The molecule has 38 heavy (non-hydrogen) atoms. The van der Waals surface area contributed by atoms with Gasteiger partial charge in [0.05, 0.1) is 28.1 Å². The van der Waals surface area contributed by atoms with Gasteiger partial charge in [0, 0.05) is 35.9 Å². The zero-order valence-corrected chi connectivity index (χ0v) is 23.2. The Kier molecular flexibility index (Phi) is 10.3. The zero-order valence-electron chi connectivity index (χ0n) is 21.5. The molecule has 0 radical (unpaired) electrons. The zero-order chi connectivity index (χ0) is 26.4. The van der Waals surface area contributed by atoms with Gasteiger partial charge in [0.15, 0.2) is 0 Å². The van der Waals surface area contributed by atoms with Crippen molar-refractivity contribution >= 4 is 51.2 Å². The maximum absolute atomic E-state index is 13.4. The summed E-state index contributed by atoms with van der Waals surface area (Å²) in [6.07, 6.45) is 2.08. The van der Waals surface area contributed by atoms with Gasteiger partial charge in [-0.2, -0.15) is 0 Å². The van der Waals surface area contributed by atoms with Crippen LogP contribution in [-0.4, -0.2) is 29.5 Å². The standard InChI is InChI=1S/C28H30N4O4S.ClH/c1-4-5-15-29-24(19-9-7-6-8-10-19)26-25(23-21(17-36-3)16-18(2)30-28(23)37-26)31-27(33)20-11-13-22(14-12-20)32(34)35;/h6-14,16,24,29H,4-5,15,17H2,1-3H3,(H,31,33);1H. The number of nitro benzene ring substituents is 1. The molecule has 200 valence electrons. The maximum atomic E-state index is 13.4. The molecular weight excluding hydrogens is 524 g/mol. The molecule has 0 spiro atoms. The average molecular weight is 555 g/mol. The lowest BCUT2D eigenvalue weighted by Crippen LogP contribution is -2.24. The number of aromatic nitrogens is 1. The number of non-ortho nitro benzene ring substituents is 1. The van der Waals surface area contributed by atoms with Crippen LogP contribution in [0.3, 0.4) is 0 Å². The summed E-state index contributed by atoms with van der Waals surface area (Å²) in [4.78, 5) is 30.5. The Balaban J connectivity index is 0.00000400. The highest BCUT2D eigenvalue weighted by atomic mass is 35.5. The third-order valence-electron chi connectivity index (χ3n) is 6.05. The molecule has 8 nitrogen and oxygen atoms in total. The minimum atomic E-state index is -0.483. The van der Waals surface area contributed by atoms with E-state index in [2.05, 4.69) is 29.7 Å². The van der Waals surface area contributed by atoms with Gasteiger partial charge in [-0.25, -0.2) is 4.98 Å². The van der Waals surface area contributed by atoms with Crippen LogP contribution in [-0.2, 0) is 11.3 Å². The number of thiophene rings is 1. The van der Waals surface area contributed by atoms with Crippen LogP contribution in [0.5, 0.6) is 0 Å². The topological polar surface area (TPSA) is 106 Å². The number of ether oxygens (including phenoxy) is 1. The third-order valence-corrected chi connectivity index (χ3v) is 7.20. The number of methoxy groups -OCH3 is 1. The monoisotopic (exact) mass is 554 g/mol. The minimum absolute atomic E-state index is 0. The van der Waals surface area contributed by atoms with Crippen molar-refractivity contribution in [2.75, 3.05) is 19.0 Å². The number of hydrogen-bond donors (Lipinski definition) is 2. The predicted molar refractivity (Wildman–Crippen MR) is 155 cm³/mol. The number of carbonyl (C=O) groups is 1. The van der Waals surface area contributed by atoms with Crippen LogP contribution in [0.15, 0.2) is 60.7 Å². The van der Waals surface area contributed by atoms with Crippen LogP contribution in [0, 0.1) is 17.0 Å². The second-order valence-corrected chi connectivity index (χ2v) is 9.82. The van der Waals surface area contributed by atoms with E-state index in [-0.39, 0.29) is 30.0 Å². The number of fused-ring (bicyclic) bond motifs is 1. The fraction of sp³-hybridized carbons (Fsp3) is 0.286. The molecule has 4 aromatic rings. The van der Waals surface area contributed by atoms with E-state index in [1.807, 2.05) is 31.2 Å². The first-order valence-electron chi connectivity index (χ1n) is 12.2. The summed E-state index contributed by atoms with van der Waals surface area (Å²) in [5.74, 6) is -0.347. The predicted octanol–water partition coefficient (Wildman–Crippen LogP) is 6.81. The van der Waals surface area contributed by atoms with Crippen molar-refractivity contribution < 1.29 is 14.5 Å². The van der Waals surface area contributed by atoms with Crippen molar-refractivity contribution in [1.82, 2.24) is 10.3 Å². The van der Waals surface area contributed by atoms with Crippen molar-refractivity contribution in [3.63, 3.8) is 0 Å². The molecule has 0 saturated heterocycles. The van der Waals surface area contributed by atoms with Crippen molar-refractivity contribution in [3.8, 4) is 0 Å². The fourth-order valence-corrected chi connectivity index (χ4v) is 5.60. The van der Waals surface area contributed by atoms with Crippen molar-refractivity contribution in [2.24, 2.45) is 0 Å². The molecule has 0 aliphatic heterocycles. The average Bonchev–Trinajstić information content (AvgIpc) is 3.24. The van der Waals surface area contributed by atoms with E-state index in [0.29, 0.717) is 17.9 Å². The van der Waals surface area contributed by atoms with Crippen molar-refractivity contribution in [1.29, 1.82) is 0 Å². The van der Waals surface area contributed by atoms with Crippen LogP contribution < -0.4 is 10.6 Å². The molecule has 2 aromatic heterocycles. The number of unbranched alkanes of at least 4 members (excludes halogenated alkanes) is 1. The molecule has 2 heterocycles. The molecule has 0 fully saturated rings. The van der Waals surface area contributed by atoms with Crippen molar-refractivity contribution in [2.45, 2.75) is 39.3 Å². The number of halogens is 1. The Labute approximate surface area is 232 Å². The molecule has 0 aliphatic carbocycles. The van der Waals surface area contributed by atoms with Gasteiger partial charge < -0.3 is 15.4 Å². The number of pyridine rings is 1. The normalized spacial score (nSPS) is 11.7. The van der Waals surface area contributed by atoms with Gasteiger partial charge in [-0.15, -0.1) is 23.7 Å². The smallest absolute Gasteiger partial charge is 0.269 e. The number of nitrogens with one attached hydrogen (secondary N) is 2. The lowest BCUT2D eigenvalue weighted by atomic mass is 10.0. The highest BCUT2D eigenvalue weighted by molar-refractivity contribution is 7.19. The first-order chi connectivity index (χ1) is 17.9. The van der Waals surface area contributed by atoms with Gasteiger partial charge in [0.2, 0.25) is 0 Å². The van der Waals surface area contributed by atoms with Crippen LogP contribution in [0.4, 0.5) is 11.4 Å². The van der Waals surface area contributed by atoms with E-state index in [4.69, 9.17) is 9.72 Å². The Morgan fingerprint density at radius 1 is 1.16 bits per heavy atom. The SMILES string of the molecule is CCCCNC(c1ccccc1)c1sc2nc(C)cc(COC)c2c1NC(=O)c1ccc([N+](=O)[O-])cc1.Cl. The highest BCUT2D eigenvalue weighted by Gasteiger charge is 2.26. The van der Waals surface area contributed by atoms with Gasteiger partial charge in [0.25, 0.3) is 11.6 Å². The Bertz CT molecular complexity index is 1390. The molecule has 1 unspecified atom stereocenters. The summed E-state index contributed by atoms with van der Waals surface area (Å²) in [5.41, 5.74) is 3.84. The second kappa shape index (κ2) is 13.4. The summed E-state index contributed by atoms with van der Waals surface area (Å²) in [6.45, 7) is 5.28. The molecule has 2 aromatic carbocycles. The van der Waals surface area contributed by atoms with E-state index in [1.165, 1.54) is 24.3 Å². The molecule has 4 rings (SSSR count). The van der Waals surface area contributed by atoms with E-state index in [1.54, 1.807) is 18.4 Å². The van der Waals surface area contributed by atoms with Gasteiger partial charge in [-0.1, -0.05) is 43.7 Å². The number of anilines is 1. The first-order valence-corrected chi connectivity index (χ1v) is 13.0. The Morgan fingerprint density at radius 3 is 2.50 bits per heavy atom. The fourth-order valence-electron chi connectivity index (χ4n) is 4.28. The number of carbonyl (C=O) groups excluding carboxylic acids is 1. The minimum Gasteiger partial charge on any atom is -0.380 e. The van der Waals surface area contributed by atoms with Crippen LogP contribution >= 0.6 is 23.7 Å². The largest absolute Gasteiger partial charge is 0.380 e. The van der Waals surface area contributed by atoms with E-state index >= 15 is 0 Å². The number of amides is 1. The molecule has 0 bridgehead atoms. The third kappa shape index (κ3) is 6.54. The maximum Gasteiger partial charge on any atom is 0.269 e. The first kappa shape index (κ1) is 29.2. The van der Waals surface area contributed by atoms with E-state index < -0.39 is 4.92 Å². The van der Waals surface area contributed by atoms with Crippen LogP contribution in [0.1, 0.15) is 57.9 Å². The summed E-state index contributed by atoms with van der Waals surface area (Å²) in [7, 11) is 1.64. The number of nitro groups is 1. The summed E-state index contributed by atoms with van der Waals surface area (Å²) >= 11 is 1.55.